The molecular weight excluding hydrogens is 307 g/mol. The molecule has 0 unspecified atom stereocenters. The Hall–Kier alpha value is -1.43. The SMILES string of the molecule is Nc1ccc(NS(=O)(=O)c2ccc(Cl)cc2)cc1Cl. The Kier molecular flexibility index (Phi) is 3.89. The second-order valence-electron chi connectivity index (χ2n) is 3.80. The molecule has 4 nitrogen and oxygen atoms in total. The van der Waals surface area contributed by atoms with Crippen LogP contribution in [0.2, 0.25) is 10.0 Å². The van der Waals surface area contributed by atoms with Crippen molar-refractivity contribution < 1.29 is 8.42 Å². The van der Waals surface area contributed by atoms with Crippen LogP contribution in [0.4, 0.5) is 11.4 Å². The maximum absolute atomic E-state index is 12.1. The summed E-state index contributed by atoms with van der Waals surface area (Å²) in [6.07, 6.45) is 0. The third-order valence-electron chi connectivity index (χ3n) is 2.38. The van der Waals surface area contributed by atoms with Crippen LogP contribution in [0.15, 0.2) is 47.4 Å². The summed E-state index contributed by atoms with van der Waals surface area (Å²) in [6, 6.07) is 10.4. The van der Waals surface area contributed by atoms with Crippen LogP contribution < -0.4 is 10.5 Å². The monoisotopic (exact) mass is 316 g/mol. The number of hydrogen-bond donors (Lipinski definition) is 2. The third kappa shape index (κ3) is 3.32. The molecule has 0 radical (unpaired) electrons. The van der Waals surface area contributed by atoms with E-state index in [0.29, 0.717) is 16.4 Å². The highest BCUT2D eigenvalue weighted by atomic mass is 35.5. The van der Waals surface area contributed by atoms with Gasteiger partial charge in [0.2, 0.25) is 0 Å². The van der Waals surface area contributed by atoms with E-state index >= 15 is 0 Å². The number of nitrogens with two attached hydrogens (primary N) is 1. The van der Waals surface area contributed by atoms with Gasteiger partial charge in [0, 0.05) is 5.02 Å². The zero-order valence-corrected chi connectivity index (χ0v) is 11.9. The number of anilines is 2. The Morgan fingerprint density at radius 3 is 2.21 bits per heavy atom. The molecule has 19 heavy (non-hydrogen) atoms. The molecule has 0 saturated heterocycles. The van der Waals surface area contributed by atoms with Crippen molar-refractivity contribution in [3.8, 4) is 0 Å². The molecule has 0 aliphatic carbocycles. The van der Waals surface area contributed by atoms with E-state index in [1.807, 2.05) is 0 Å². The molecule has 2 aromatic rings. The largest absolute Gasteiger partial charge is 0.398 e. The first-order valence-electron chi connectivity index (χ1n) is 5.22. The van der Waals surface area contributed by atoms with E-state index in [-0.39, 0.29) is 9.92 Å². The van der Waals surface area contributed by atoms with Crippen molar-refractivity contribution in [2.75, 3.05) is 10.5 Å². The van der Waals surface area contributed by atoms with Crippen molar-refractivity contribution >= 4 is 44.6 Å². The van der Waals surface area contributed by atoms with E-state index in [1.54, 1.807) is 0 Å². The van der Waals surface area contributed by atoms with Gasteiger partial charge in [-0.1, -0.05) is 23.2 Å². The second kappa shape index (κ2) is 5.28. The standard InChI is InChI=1S/C12H10Cl2N2O2S/c13-8-1-4-10(5-2-8)19(17,18)16-9-3-6-12(15)11(14)7-9/h1-7,16H,15H2. The fourth-order valence-corrected chi connectivity index (χ4v) is 2.77. The fourth-order valence-electron chi connectivity index (χ4n) is 1.42. The zero-order valence-electron chi connectivity index (χ0n) is 9.60. The van der Waals surface area contributed by atoms with Crippen LogP contribution in [0, 0.1) is 0 Å². The summed E-state index contributed by atoms with van der Waals surface area (Å²) >= 11 is 11.5. The van der Waals surface area contributed by atoms with Gasteiger partial charge < -0.3 is 5.73 Å². The molecule has 2 aromatic carbocycles. The lowest BCUT2D eigenvalue weighted by atomic mass is 10.3. The summed E-state index contributed by atoms with van der Waals surface area (Å²) in [4.78, 5) is 0.116. The van der Waals surface area contributed by atoms with Crippen LogP contribution in [0.3, 0.4) is 0 Å². The summed E-state index contributed by atoms with van der Waals surface area (Å²) in [5, 5.41) is 0.755. The highest BCUT2D eigenvalue weighted by Crippen LogP contribution is 2.24. The highest BCUT2D eigenvalue weighted by molar-refractivity contribution is 7.92. The van der Waals surface area contributed by atoms with E-state index < -0.39 is 10.0 Å². The number of halogens is 2. The molecule has 0 saturated carbocycles. The van der Waals surface area contributed by atoms with Crippen LogP contribution in [-0.4, -0.2) is 8.42 Å². The van der Waals surface area contributed by atoms with Gasteiger partial charge in [-0.05, 0) is 42.5 Å². The molecular formula is C12H10Cl2N2O2S. The lowest BCUT2D eigenvalue weighted by Crippen LogP contribution is -2.12. The van der Waals surface area contributed by atoms with E-state index in [1.165, 1.54) is 42.5 Å². The fraction of sp³-hybridized carbons (Fsp3) is 0. The second-order valence-corrected chi connectivity index (χ2v) is 6.32. The minimum absolute atomic E-state index is 0.116. The van der Waals surface area contributed by atoms with E-state index in [4.69, 9.17) is 28.9 Å². The molecule has 0 amide bonds. The summed E-state index contributed by atoms with van der Waals surface area (Å²) < 4.78 is 26.6. The molecule has 0 atom stereocenters. The van der Waals surface area contributed by atoms with Crippen molar-refractivity contribution in [3.05, 3.63) is 52.5 Å². The molecule has 0 aliphatic heterocycles. The summed E-state index contributed by atoms with van der Waals surface area (Å²) in [5.74, 6) is 0. The Bertz CT molecular complexity index is 700. The third-order valence-corrected chi connectivity index (χ3v) is 4.35. The van der Waals surface area contributed by atoms with Crippen LogP contribution in [0.1, 0.15) is 0 Å². The number of nitrogens with one attached hydrogen (secondary N) is 1. The molecule has 0 aromatic heterocycles. The van der Waals surface area contributed by atoms with Crippen LogP contribution in [-0.2, 0) is 10.0 Å². The smallest absolute Gasteiger partial charge is 0.261 e. The summed E-state index contributed by atoms with van der Waals surface area (Å²) in [7, 11) is -3.67. The Morgan fingerprint density at radius 2 is 1.63 bits per heavy atom. The van der Waals surface area contributed by atoms with Crippen LogP contribution in [0.25, 0.3) is 0 Å². The molecule has 0 spiro atoms. The number of benzene rings is 2. The molecule has 0 fully saturated rings. The summed E-state index contributed by atoms with van der Waals surface area (Å²) in [5.41, 5.74) is 6.28. The molecule has 3 N–H and O–H groups in total. The van der Waals surface area contributed by atoms with Crippen molar-refractivity contribution in [3.63, 3.8) is 0 Å². The first kappa shape index (κ1) is 14.0. The molecule has 0 bridgehead atoms. The minimum atomic E-state index is -3.67. The molecule has 7 heteroatoms. The van der Waals surface area contributed by atoms with Gasteiger partial charge in [-0.2, -0.15) is 0 Å². The minimum Gasteiger partial charge on any atom is -0.398 e. The Morgan fingerprint density at radius 1 is 1.00 bits per heavy atom. The molecule has 0 heterocycles. The highest BCUT2D eigenvalue weighted by Gasteiger charge is 2.14. The average Bonchev–Trinajstić information content (AvgIpc) is 2.34. The average molecular weight is 317 g/mol. The van der Waals surface area contributed by atoms with E-state index in [0.717, 1.165) is 0 Å². The number of rotatable bonds is 3. The number of nitrogen functional groups attached to an aromatic ring is 1. The Balaban J connectivity index is 2.30. The zero-order chi connectivity index (χ0) is 14.0. The van der Waals surface area contributed by atoms with E-state index in [2.05, 4.69) is 4.72 Å². The number of hydrogen-bond acceptors (Lipinski definition) is 3. The summed E-state index contributed by atoms with van der Waals surface area (Å²) in [6.45, 7) is 0. The van der Waals surface area contributed by atoms with Gasteiger partial charge in [-0.15, -0.1) is 0 Å². The first-order valence-corrected chi connectivity index (χ1v) is 7.46. The molecule has 100 valence electrons. The van der Waals surface area contributed by atoms with Crippen molar-refractivity contribution in [2.24, 2.45) is 0 Å². The number of sulfonamides is 1. The quantitative estimate of drug-likeness (QED) is 0.853. The molecule has 0 aliphatic rings. The van der Waals surface area contributed by atoms with Crippen LogP contribution in [0.5, 0.6) is 0 Å². The van der Waals surface area contributed by atoms with Gasteiger partial charge in [-0.3, -0.25) is 4.72 Å². The van der Waals surface area contributed by atoms with Crippen LogP contribution >= 0.6 is 23.2 Å². The van der Waals surface area contributed by atoms with Gasteiger partial charge in [0.1, 0.15) is 0 Å². The van der Waals surface area contributed by atoms with Crippen molar-refractivity contribution in [1.82, 2.24) is 0 Å². The normalized spacial score (nSPS) is 11.3. The van der Waals surface area contributed by atoms with Gasteiger partial charge in [0.05, 0.1) is 21.3 Å². The van der Waals surface area contributed by atoms with Crippen molar-refractivity contribution in [1.29, 1.82) is 0 Å². The molecule has 2 rings (SSSR count). The maximum atomic E-state index is 12.1. The lowest BCUT2D eigenvalue weighted by Gasteiger charge is -2.09. The van der Waals surface area contributed by atoms with E-state index in [9.17, 15) is 8.42 Å². The lowest BCUT2D eigenvalue weighted by molar-refractivity contribution is 0.601. The maximum Gasteiger partial charge on any atom is 0.261 e. The van der Waals surface area contributed by atoms with Gasteiger partial charge in [0.15, 0.2) is 0 Å². The van der Waals surface area contributed by atoms with Gasteiger partial charge in [-0.25, -0.2) is 8.42 Å². The van der Waals surface area contributed by atoms with Crippen molar-refractivity contribution in [2.45, 2.75) is 4.90 Å². The first-order chi connectivity index (χ1) is 8.88. The van der Waals surface area contributed by atoms with Gasteiger partial charge >= 0.3 is 0 Å². The van der Waals surface area contributed by atoms with Gasteiger partial charge in [0.25, 0.3) is 10.0 Å². The topological polar surface area (TPSA) is 72.2 Å². The predicted molar refractivity (Wildman–Crippen MR) is 78.1 cm³/mol. The Labute approximate surface area is 121 Å². The predicted octanol–water partition coefficient (Wildman–Crippen LogP) is 3.38.